The minimum Gasteiger partial charge on any atom is -0.299 e. The van der Waals surface area contributed by atoms with Crippen molar-refractivity contribution in [1.82, 2.24) is 10.2 Å². The predicted octanol–water partition coefficient (Wildman–Crippen LogP) is 7.67. The predicted molar refractivity (Wildman–Crippen MR) is 122 cm³/mol. The second kappa shape index (κ2) is 16.8. The fraction of sp³-hybridized carbons (Fsp3) is 1.00. The van der Waals surface area contributed by atoms with Crippen molar-refractivity contribution in [3.63, 3.8) is 0 Å². The molecule has 0 aliphatic carbocycles. The van der Waals surface area contributed by atoms with E-state index in [0.717, 1.165) is 6.67 Å². The van der Waals surface area contributed by atoms with Gasteiger partial charge in [-0.25, -0.2) is 0 Å². The van der Waals surface area contributed by atoms with Crippen molar-refractivity contribution in [2.75, 3.05) is 19.8 Å². The molecule has 0 spiro atoms. The molecule has 0 amide bonds. The van der Waals surface area contributed by atoms with Crippen LogP contribution in [0.4, 0.5) is 0 Å². The van der Waals surface area contributed by atoms with Crippen molar-refractivity contribution in [3.05, 3.63) is 0 Å². The Hall–Kier alpha value is -0.0800. The molecule has 2 heteroatoms. The Balaban J connectivity index is 1.78. The summed E-state index contributed by atoms with van der Waals surface area (Å²) in [6.45, 7) is 10.7. The number of nitrogens with one attached hydrogen (secondary N) is 1. The molecule has 1 N–H and O–H groups in total. The Morgan fingerprint density at radius 3 is 1.48 bits per heavy atom. The van der Waals surface area contributed by atoms with Gasteiger partial charge in [0.25, 0.3) is 0 Å². The third-order valence-electron chi connectivity index (χ3n) is 6.39. The van der Waals surface area contributed by atoms with Crippen LogP contribution in [0, 0.1) is 0 Å². The molecule has 1 heterocycles. The van der Waals surface area contributed by atoms with Crippen molar-refractivity contribution < 1.29 is 0 Å². The summed E-state index contributed by atoms with van der Waals surface area (Å²) in [6.07, 6.45) is 25.9. The summed E-state index contributed by atoms with van der Waals surface area (Å²) in [5, 5.41) is 3.78. The van der Waals surface area contributed by atoms with Crippen LogP contribution in [0.2, 0.25) is 0 Å². The second-order valence-corrected chi connectivity index (χ2v) is 9.74. The molecule has 0 bridgehead atoms. The lowest BCUT2D eigenvalue weighted by atomic mass is 9.96. The van der Waals surface area contributed by atoms with Gasteiger partial charge in [0.15, 0.2) is 0 Å². The molecule has 0 aromatic carbocycles. The molecule has 1 aliphatic rings. The van der Waals surface area contributed by atoms with Crippen LogP contribution in [0.1, 0.15) is 136 Å². The van der Waals surface area contributed by atoms with Crippen LogP contribution in [0.15, 0.2) is 0 Å². The third kappa shape index (κ3) is 15.5. The Labute approximate surface area is 172 Å². The van der Waals surface area contributed by atoms with Gasteiger partial charge in [-0.1, -0.05) is 103 Å². The molecule has 0 radical (unpaired) electrons. The standard InChI is InChI=1S/C25H52N2/c1-4-5-6-7-8-9-10-11-12-13-14-15-16-17-18-21-25(2,3)26-24-27-22-19-20-23-27/h26H,4-24H2,1-3H3. The monoisotopic (exact) mass is 380 g/mol. The molecule has 1 saturated heterocycles. The van der Waals surface area contributed by atoms with Crippen LogP contribution in [-0.2, 0) is 0 Å². The molecule has 27 heavy (non-hydrogen) atoms. The van der Waals surface area contributed by atoms with Gasteiger partial charge in [0.2, 0.25) is 0 Å². The molecule has 2 nitrogen and oxygen atoms in total. The van der Waals surface area contributed by atoms with Gasteiger partial charge in [-0.15, -0.1) is 0 Å². The first-order valence-corrected chi connectivity index (χ1v) is 12.6. The average Bonchev–Trinajstić information content (AvgIpc) is 3.17. The topological polar surface area (TPSA) is 15.3 Å². The third-order valence-corrected chi connectivity index (χ3v) is 6.39. The zero-order valence-corrected chi connectivity index (χ0v) is 19.3. The molecule has 1 aliphatic heterocycles. The van der Waals surface area contributed by atoms with E-state index in [1.807, 2.05) is 0 Å². The zero-order valence-electron chi connectivity index (χ0n) is 19.3. The van der Waals surface area contributed by atoms with Crippen LogP contribution in [0.25, 0.3) is 0 Å². The summed E-state index contributed by atoms with van der Waals surface area (Å²) >= 11 is 0. The molecule has 162 valence electrons. The van der Waals surface area contributed by atoms with Crippen LogP contribution in [0.5, 0.6) is 0 Å². The van der Waals surface area contributed by atoms with Crippen LogP contribution < -0.4 is 5.32 Å². The number of hydrogen-bond donors (Lipinski definition) is 1. The molecule has 0 saturated carbocycles. The van der Waals surface area contributed by atoms with Gasteiger partial charge < -0.3 is 0 Å². The molecule has 1 rings (SSSR count). The van der Waals surface area contributed by atoms with Crippen molar-refractivity contribution >= 4 is 0 Å². The average molecular weight is 381 g/mol. The summed E-state index contributed by atoms with van der Waals surface area (Å²) in [4.78, 5) is 2.56. The van der Waals surface area contributed by atoms with Crippen molar-refractivity contribution in [2.45, 2.75) is 142 Å². The summed E-state index contributed by atoms with van der Waals surface area (Å²) in [5.41, 5.74) is 0.305. The van der Waals surface area contributed by atoms with Crippen molar-refractivity contribution in [1.29, 1.82) is 0 Å². The van der Waals surface area contributed by atoms with Gasteiger partial charge in [0.1, 0.15) is 0 Å². The van der Waals surface area contributed by atoms with Gasteiger partial charge in [-0.3, -0.25) is 10.2 Å². The highest BCUT2D eigenvalue weighted by Gasteiger charge is 2.19. The fourth-order valence-corrected chi connectivity index (χ4v) is 4.29. The SMILES string of the molecule is CCCCCCCCCCCCCCCCCC(C)(C)NCN1CCCC1. The van der Waals surface area contributed by atoms with E-state index in [1.165, 1.54) is 129 Å². The van der Waals surface area contributed by atoms with E-state index < -0.39 is 0 Å². The molecular weight excluding hydrogens is 328 g/mol. The Morgan fingerprint density at radius 2 is 1.04 bits per heavy atom. The van der Waals surface area contributed by atoms with E-state index in [4.69, 9.17) is 0 Å². The molecule has 1 fully saturated rings. The van der Waals surface area contributed by atoms with E-state index in [1.54, 1.807) is 0 Å². The van der Waals surface area contributed by atoms with Gasteiger partial charge >= 0.3 is 0 Å². The highest BCUT2D eigenvalue weighted by molar-refractivity contribution is 4.78. The normalized spacial score (nSPS) is 15.7. The lowest BCUT2D eigenvalue weighted by Crippen LogP contribution is -2.45. The number of nitrogens with zero attached hydrogens (tertiary/aromatic N) is 1. The summed E-state index contributed by atoms with van der Waals surface area (Å²) < 4.78 is 0. The van der Waals surface area contributed by atoms with E-state index in [9.17, 15) is 0 Å². The fourth-order valence-electron chi connectivity index (χ4n) is 4.29. The number of likely N-dealkylation sites (tertiary alicyclic amines) is 1. The Morgan fingerprint density at radius 1 is 0.630 bits per heavy atom. The zero-order chi connectivity index (χ0) is 19.6. The second-order valence-electron chi connectivity index (χ2n) is 9.74. The summed E-state index contributed by atoms with van der Waals surface area (Å²) in [6, 6.07) is 0. The largest absolute Gasteiger partial charge is 0.299 e. The Bertz CT molecular complexity index is 307. The molecule has 0 aromatic rings. The quantitative estimate of drug-likeness (QED) is 0.231. The minimum atomic E-state index is 0.305. The van der Waals surface area contributed by atoms with Crippen LogP contribution >= 0.6 is 0 Å². The molecular formula is C25H52N2. The number of hydrogen-bond acceptors (Lipinski definition) is 2. The van der Waals surface area contributed by atoms with Crippen molar-refractivity contribution in [2.24, 2.45) is 0 Å². The highest BCUT2D eigenvalue weighted by atomic mass is 15.2. The first kappa shape index (κ1) is 25.0. The van der Waals surface area contributed by atoms with E-state index in [-0.39, 0.29) is 0 Å². The minimum absolute atomic E-state index is 0.305. The van der Waals surface area contributed by atoms with Gasteiger partial charge in [-0.05, 0) is 46.2 Å². The Kier molecular flexibility index (Phi) is 15.6. The van der Waals surface area contributed by atoms with Crippen molar-refractivity contribution in [3.8, 4) is 0 Å². The summed E-state index contributed by atoms with van der Waals surface area (Å²) in [5.74, 6) is 0. The first-order valence-electron chi connectivity index (χ1n) is 12.6. The lowest BCUT2D eigenvalue weighted by molar-refractivity contribution is 0.242. The number of rotatable bonds is 19. The van der Waals surface area contributed by atoms with E-state index in [2.05, 4.69) is 31.0 Å². The number of unbranched alkanes of at least 4 members (excludes halogenated alkanes) is 14. The van der Waals surface area contributed by atoms with Gasteiger partial charge in [0, 0.05) is 12.2 Å². The van der Waals surface area contributed by atoms with Gasteiger partial charge in [-0.2, -0.15) is 0 Å². The molecule has 0 unspecified atom stereocenters. The van der Waals surface area contributed by atoms with Crippen LogP contribution in [0.3, 0.4) is 0 Å². The lowest BCUT2D eigenvalue weighted by Gasteiger charge is -2.29. The maximum atomic E-state index is 3.78. The highest BCUT2D eigenvalue weighted by Crippen LogP contribution is 2.17. The van der Waals surface area contributed by atoms with Gasteiger partial charge in [0.05, 0.1) is 0 Å². The first-order chi connectivity index (χ1) is 13.1. The van der Waals surface area contributed by atoms with Crippen LogP contribution in [-0.4, -0.2) is 30.2 Å². The molecule has 0 atom stereocenters. The smallest absolute Gasteiger partial charge is 0.0484 e. The summed E-state index contributed by atoms with van der Waals surface area (Å²) in [7, 11) is 0. The van der Waals surface area contributed by atoms with E-state index >= 15 is 0 Å². The van der Waals surface area contributed by atoms with E-state index in [0.29, 0.717) is 5.54 Å². The maximum absolute atomic E-state index is 3.78. The maximum Gasteiger partial charge on any atom is 0.0484 e. The molecule has 0 aromatic heterocycles.